The number of carbonyl (C=O) groups excluding carboxylic acids is 1. The minimum Gasteiger partial charge on any atom is -0.493 e. The zero-order valence-electron chi connectivity index (χ0n) is 15.4. The molecule has 0 heterocycles. The Morgan fingerprint density at radius 2 is 1.81 bits per heavy atom. The van der Waals surface area contributed by atoms with Crippen LogP contribution in [0, 0.1) is 5.92 Å². The summed E-state index contributed by atoms with van der Waals surface area (Å²) < 4.78 is 11.2. The maximum absolute atomic E-state index is 12.3. The Bertz CT molecular complexity index is 726. The van der Waals surface area contributed by atoms with E-state index in [9.17, 15) is 4.79 Å². The molecule has 5 heteroatoms. The second kappa shape index (κ2) is 8.61. The summed E-state index contributed by atoms with van der Waals surface area (Å²) in [5.41, 5.74) is 1.04. The third kappa shape index (κ3) is 4.91. The number of rotatable bonds is 8. The molecule has 0 saturated heterocycles. The summed E-state index contributed by atoms with van der Waals surface area (Å²) in [7, 11) is 1.62. The highest BCUT2D eigenvalue weighted by atomic mass is 16.5. The van der Waals surface area contributed by atoms with Crippen molar-refractivity contribution in [3.63, 3.8) is 0 Å². The first-order chi connectivity index (χ1) is 12.7. The van der Waals surface area contributed by atoms with Gasteiger partial charge in [-0.2, -0.15) is 0 Å². The van der Waals surface area contributed by atoms with Gasteiger partial charge in [-0.15, -0.1) is 0 Å². The first kappa shape index (κ1) is 18.1. The molecular formula is C21H26N2O3. The number of carbonyl (C=O) groups is 1. The fraction of sp³-hybridized carbons (Fsp3) is 0.381. The van der Waals surface area contributed by atoms with Crippen molar-refractivity contribution in [3.8, 4) is 17.2 Å². The lowest BCUT2D eigenvalue weighted by atomic mass is 10.2. The molecule has 1 aliphatic rings. The van der Waals surface area contributed by atoms with Crippen molar-refractivity contribution in [2.45, 2.75) is 26.3 Å². The molecule has 0 atom stereocenters. The molecule has 2 aromatic rings. The van der Waals surface area contributed by atoms with Gasteiger partial charge in [0.2, 0.25) is 0 Å². The summed E-state index contributed by atoms with van der Waals surface area (Å²) in [6, 6.07) is 15.3. The quantitative estimate of drug-likeness (QED) is 0.763. The van der Waals surface area contributed by atoms with Crippen LogP contribution in [0.4, 0.5) is 4.79 Å². The van der Waals surface area contributed by atoms with Gasteiger partial charge in [-0.25, -0.2) is 4.79 Å². The van der Waals surface area contributed by atoms with Crippen LogP contribution in [0.5, 0.6) is 17.2 Å². The van der Waals surface area contributed by atoms with Crippen molar-refractivity contribution in [3.05, 3.63) is 54.1 Å². The maximum Gasteiger partial charge on any atom is 0.317 e. The fourth-order valence-electron chi connectivity index (χ4n) is 2.76. The van der Waals surface area contributed by atoms with Gasteiger partial charge in [-0.05, 0) is 55.5 Å². The average Bonchev–Trinajstić information content (AvgIpc) is 3.50. The molecule has 0 radical (unpaired) electrons. The van der Waals surface area contributed by atoms with E-state index in [0.29, 0.717) is 24.0 Å². The van der Waals surface area contributed by atoms with E-state index in [1.807, 2.05) is 60.4 Å². The molecule has 1 fully saturated rings. The number of amides is 2. The average molecular weight is 354 g/mol. The van der Waals surface area contributed by atoms with Crippen LogP contribution in [0.1, 0.15) is 25.3 Å². The van der Waals surface area contributed by atoms with Gasteiger partial charge in [0.05, 0.1) is 7.11 Å². The molecule has 26 heavy (non-hydrogen) atoms. The molecule has 0 spiro atoms. The van der Waals surface area contributed by atoms with Crippen LogP contribution >= 0.6 is 0 Å². The second-order valence-electron chi connectivity index (χ2n) is 6.54. The zero-order valence-corrected chi connectivity index (χ0v) is 15.4. The number of hydrogen-bond acceptors (Lipinski definition) is 3. The number of nitrogens with one attached hydrogen (secondary N) is 1. The van der Waals surface area contributed by atoms with Crippen molar-refractivity contribution < 1.29 is 14.3 Å². The predicted octanol–water partition coefficient (Wildman–Crippen LogP) is 4.43. The summed E-state index contributed by atoms with van der Waals surface area (Å²) in [5.74, 6) is 2.80. The minimum atomic E-state index is 0.00810. The standard InChI is InChI=1S/C21H26N2O3/c1-3-23(15-17-8-9-17)21(24)22-14-16-10-12-18(13-11-16)26-20-7-5-4-6-19(20)25-2/h4-7,10-13,17H,3,8-9,14-15H2,1-2H3,(H,22,24). The molecule has 1 saturated carbocycles. The van der Waals surface area contributed by atoms with Gasteiger partial charge in [0, 0.05) is 19.6 Å². The van der Waals surface area contributed by atoms with E-state index < -0.39 is 0 Å². The third-order valence-corrected chi connectivity index (χ3v) is 4.51. The predicted molar refractivity (Wildman–Crippen MR) is 102 cm³/mol. The smallest absolute Gasteiger partial charge is 0.317 e. The number of benzene rings is 2. The Kier molecular flexibility index (Phi) is 6.00. The van der Waals surface area contributed by atoms with Crippen LogP contribution in [0.15, 0.2) is 48.5 Å². The molecule has 1 N–H and O–H groups in total. The van der Waals surface area contributed by atoms with E-state index in [1.165, 1.54) is 12.8 Å². The van der Waals surface area contributed by atoms with Gasteiger partial charge in [-0.3, -0.25) is 0 Å². The van der Waals surface area contributed by atoms with Crippen LogP contribution in [0.25, 0.3) is 0 Å². The highest BCUT2D eigenvalue weighted by Crippen LogP contribution is 2.31. The first-order valence-corrected chi connectivity index (χ1v) is 9.12. The van der Waals surface area contributed by atoms with E-state index in [4.69, 9.17) is 9.47 Å². The van der Waals surface area contributed by atoms with Crippen molar-refractivity contribution in [2.75, 3.05) is 20.2 Å². The molecule has 138 valence electrons. The van der Waals surface area contributed by atoms with Gasteiger partial charge in [0.15, 0.2) is 11.5 Å². The maximum atomic E-state index is 12.3. The summed E-state index contributed by atoms with van der Waals surface area (Å²) in [6.45, 7) is 4.14. The fourth-order valence-corrected chi connectivity index (χ4v) is 2.76. The minimum absolute atomic E-state index is 0.00810. The molecule has 3 rings (SSSR count). The van der Waals surface area contributed by atoms with Gasteiger partial charge >= 0.3 is 6.03 Å². The van der Waals surface area contributed by atoms with Crippen molar-refractivity contribution >= 4 is 6.03 Å². The number of hydrogen-bond donors (Lipinski definition) is 1. The van der Waals surface area contributed by atoms with Crippen LogP contribution in [-0.2, 0) is 6.54 Å². The van der Waals surface area contributed by atoms with Crippen LogP contribution in [0.2, 0.25) is 0 Å². The van der Waals surface area contributed by atoms with Crippen molar-refractivity contribution in [2.24, 2.45) is 5.92 Å². The summed E-state index contributed by atoms with van der Waals surface area (Å²) in [6.07, 6.45) is 2.49. The van der Waals surface area contributed by atoms with Crippen LogP contribution < -0.4 is 14.8 Å². The first-order valence-electron chi connectivity index (χ1n) is 9.12. The molecule has 1 aliphatic carbocycles. The molecule has 0 bridgehead atoms. The van der Waals surface area contributed by atoms with E-state index in [1.54, 1.807) is 7.11 Å². The van der Waals surface area contributed by atoms with E-state index in [2.05, 4.69) is 5.32 Å². The van der Waals surface area contributed by atoms with Crippen LogP contribution in [0.3, 0.4) is 0 Å². The topological polar surface area (TPSA) is 50.8 Å². The Balaban J connectivity index is 1.53. The lowest BCUT2D eigenvalue weighted by Gasteiger charge is -2.21. The zero-order chi connectivity index (χ0) is 18.4. The van der Waals surface area contributed by atoms with Crippen molar-refractivity contribution in [1.82, 2.24) is 10.2 Å². The van der Waals surface area contributed by atoms with E-state index in [0.717, 1.165) is 24.4 Å². The van der Waals surface area contributed by atoms with Crippen molar-refractivity contribution in [1.29, 1.82) is 0 Å². The lowest BCUT2D eigenvalue weighted by molar-refractivity contribution is 0.197. The number of urea groups is 1. The lowest BCUT2D eigenvalue weighted by Crippen LogP contribution is -2.40. The van der Waals surface area contributed by atoms with Gasteiger partial charge < -0.3 is 19.7 Å². The Labute approximate surface area is 154 Å². The van der Waals surface area contributed by atoms with Gasteiger partial charge in [0.25, 0.3) is 0 Å². The summed E-state index contributed by atoms with van der Waals surface area (Å²) >= 11 is 0. The number of ether oxygens (including phenoxy) is 2. The van der Waals surface area contributed by atoms with E-state index in [-0.39, 0.29) is 6.03 Å². The number of para-hydroxylation sites is 2. The molecule has 2 aromatic carbocycles. The largest absolute Gasteiger partial charge is 0.493 e. The Hall–Kier alpha value is -2.69. The number of methoxy groups -OCH3 is 1. The normalized spacial score (nSPS) is 13.2. The molecule has 0 unspecified atom stereocenters. The summed E-state index contributed by atoms with van der Waals surface area (Å²) in [4.78, 5) is 14.2. The van der Waals surface area contributed by atoms with Crippen LogP contribution in [-0.4, -0.2) is 31.1 Å². The SMILES string of the molecule is CCN(CC1CC1)C(=O)NCc1ccc(Oc2ccccc2OC)cc1. The van der Waals surface area contributed by atoms with E-state index >= 15 is 0 Å². The second-order valence-corrected chi connectivity index (χ2v) is 6.54. The highest BCUT2D eigenvalue weighted by Gasteiger charge is 2.25. The molecule has 2 amide bonds. The summed E-state index contributed by atoms with van der Waals surface area (Å²) in [5, 5.41) is 3.00. The van der Waals surface area contributed by atoms with Gasteiger partial charge in [-0.1, -0.05) is 24.3 Å². The highest BCUT2D eigenvalue weighted by molar-refractivity contribution is 5.74. The Morgan fingerprint density at radius 3 is 2.42 bits per heavy atom. The molecule has 5 nitrogen and oxygen atoms in total. The number of nitrogens with zero attached hydrogens (tertiary/aromatic N) is 1. The molecule has 0 aliphatic heterocycles. The monoisotopic (exact) mass is 354 g/mol. The third-order valence-electron chi connectivity index (χ3n) is 4.51. The molecular weight excluding hydrogens is 328 g/mol. The Morgan fingerprint density at radius 1 is 1.12 bits per heavy atom. The van der Waals surface area contributed by atoms with Gasteiger partial charge in [0.1, 0.15) is 5.75 Å². The molecule has 0 aromatic heterocycles.